The fourth-order valence-electron chi connectivity index (χ4n) is 3.97. The highest BCUT2D eigenvalue weighted by Crippen LogP contribution is 2.20. The van der Waals surface area contributed by atoms with Gasteiger partial charge in [0.15, 0.2) is 0 Å². The fraction of sp³-hybridized carbons (Fsp3) is 0.704. The van der Waals surface area contributed by atoms with Gasteiger partial charge in [-0.1, -0.05) is 95.0 Å². The van der Waals surface area contributed by atoms with Crippen LogP contribution in [0.3, 0.4) is 0 Å². The lowest BCUT2D eigenvalue weighted by molar-refractivity contribution is -0.149. The lowest BCUT2D eigenvalue weighted by Crippen LogP contribution is -2.25. The average Bonchev–Trinajstić information content (AvgIpc) is 2.76. The Morgan fingerprint density at radius 3 is 2.03 bits per heavy atom. The van der Waals surface area contributed by atoms with Crippen molar-refractivity contribution in [3.05, 3.63) is 35.9 Å². The first-order chi connectivity index (χ1) is 15.5. The molecule has 0 radical (unpaired) electrons. The van der Waals surface area contributed by atoms with Gasteiger partial charge in [0.1, 0.15) is 6.10 Å². The van der Waals surface area contributed by atoms with Crippen LogP contribution in [0.1, 0.15) is 109 Å². The molecule has 2 unspecified atom stereocenters. The smallest absolute Gasteiger partial charge is 0.303 e. The molecule has 0 spiro atoms. The molecule has 0 amide bonds. The fourth-order valence-corrected chi connectivity index (χ4v) is 3.97. The Morgan fingerprint density at radius 1 is 0.844 bits per heavy atom. The van der Waals surface area contributed by atoms with E-state index in [2.05, 4.69) is 6.92 Å². The molecule has 2 atom stereocenters. The second-order valence-electron chi connectivity index (χ2n) is 8.79. The van der Waals surface area contributed by atoms with E-state index in [0.717, 1.165) is 18.4 Å². The van der Waals surface area contributed by atoms with E-state index in [4.69, 9.17) is 14.6 Å². The van der Waals surface area contributed by atoms with Crippen molar-refractivity contribution in [3.63, 3.8) is 0 Å². The molecule has 0 saturated heterocycles. The summed E-state index contributed by atoms with van der Waals surface area (Å²) in [6, 6.07) is 10.1. The van der Waals surface area contributed by atoms with Crippen molar-refractivity contribution in [3.8, 4) is 0 Å². The first-order valence-electron chi connectivity index (χ1n) is 12.6. The molecule has 0 saturated carbocycles. The van der Waals surface area contributed by atoms with Gasteiger partial charge in [0.05, 0.1) is 12.7 Å². The number of aliphatic carboxylic acids is 1. The average molecular weight is 449 g/mol. The maximum Gasteiger partial charge on any atom is 0.303 e. The van der Waals surface area contributed by atoms with Crippen molar-refractivity contribution in [2.75, 3.05) is 0 Å². The first kappa shape index (κ1) is 28.2. The zero-order valence-corrected chi connectivity index (χ0v) is 20.2. The topological polar surface area (TPSA) is 72.8 Å². The summed E-state index contributed by atoms with van der Waals surface area (Å²) < 4.78 is 11.7. The molecule has 182 valence electrons. The minimum atomic E-state index is -0.821. The standard InChI is InChI=1S/C27H44O5/c1-3-4-5-6-7-8-9-10-14-18-25(31-22-24-16-12-11-13-17-24)21-26(32-23(2)28)19-15-20-27(29)30/h11-13,16-17,25-26H,3-10,14-15,18-22H2,1-2H3,(H,29,30). The number of rotatable bonds is 20. The van der Waals surface area contributed by atoms with Crippen LogP contribution in [-0.4, -0.2) is 29.3 Å². The number of carbonyl (C=O) groups is 2. The van der Waals surface area contributed by atoms with E-state index in [1.54, 1.807) is 0 Å². The molecule has 1 aromatic carbocycles. The number of unbranched alkanes of at least 4 members (excludes halogenated alkanes) is 8. The SMILES string of the molecule is CCCCCCCCCCCC(CC(CCCC(=O)O)OC(C)=O)OCc1ccccc1. The van der Waals surface area contributed by atoms with E-state index in [1.807, 2.05) is 30.3 Å². The second-order valence-corrected chi connectivity index (χ2v) is 8.79. The third-order valence-corrected chi connectivity index (χ3v) is 5.73. The van der Waals surface area contributed by atoms with Gasteiger partial charge >= 0.3 is 11.9 Å². The first-order valence-corrected chi connectivity index (χ1v) is 12.6. The van der Waals surface area contributed by atoms with Crippen LogP contribution in [0.4, 0.5) is 0 Å². The minimum absolute atomic E-state index is 0.00561. The Labute approximate surface area is 194 Å². The van der Waals surface area contributed by atoms with Crippen LogP contribution in [0.15, 0.2) is 30.3 Å². The number of hydrogen-bond donors (Lipinski definition) is 1. The van der Waals surface area contributed by atoms with Gasteiger partial charge in [0, 0.05) is 19.8 Å². The summed E-state index contributed by atoms with van der Waals surface area (Å²) in [6.07, 6.45) is 13.9. The van der Waals surface area contributed by atoms with Crippen molar-refractivity contribution in [1.82, 2.24) is 0 Å². The maximum absolute atomic E-state index is 11.6. The number of carboxylic acid groups (broad SMARTS) is 1. The summed E-state index contributed by atoms with van der Waals surface area (Å²) >= 11 is 0. The molecule has 0 aliphatic rings. The molecule has 1 N–H and O–H groups in total. The van der Waals surface area contributed by atoms with E-state index in [9.17, 15) is 9.59 Å². The van der Waals surface area contributed by atoms with Crippen molar-refractivity contribution < 1.29 is 24.2 Å². The Kier molecular flexibility index (Phi) is 16.4. The van der Waals surface area contributed by atoms with Crippen molar-refractivity contribution in [2.45, 2.75) is 123 Å². The summed E-state index contributed by atoms with van der Waals surface area (Å²) in [5.74, 6) is -1.15. The van der Waals surface area contributed by atoms with Crippen LogP contribution in [0.5, 0.6) is 0 Å². The molecule has 0 aromatic heterocycles. The minimum Gasteiger partial charge on any atom is -0.481 e. The number of esters is 1. The van der Waals surface area contributed by atoms with E-state index < -0.39 is 5.97 Å². The monoisotopic (exact) mass is 448 g/mol. The van der Waals surface area contributed by atoms with Crippen LogP contribution in [0.2, 0.25) is 0 Å². The second kappa shape index (κ2) is 18.7. The molecule has 5 nitrogen and oxygen atoms in total. The van der Waals surface area contributed by atoms with Crippen LogP contribution in [-0.2, 0) is 25.7 Å². The van der Waals surface area contributed by atoms with Gasteiger partial charge in [-0.2, -0.15) is 0 Å². The molecular formula is C27H44O5. The number of benzene rings is 1. The third-order valence-electron chi connectivity index (χ3n) is 5.73. The quantitative estimate of drug-likeness (QED) is 0.171. The van der Waals surface area contributed by atoms with Crippen LogP contribution >= 0.6 is 0 Å². The van der Waals surface area contributed by atoms with Gasteiger partial charge in [-0.15, -0.1) is 0 Å². The molecule has 0 aliphatic carbocycles. The van der Waals surface area contributed by atoms with Crippen molar-refractivity contribution >= 4 is 11.9 Å². The number of hydrogen-bond acceptors (Lipinski definition) is 4. The van der Waals surface area contributed by atoms with Gasteiger partial charge in [0.2, 0.25) is 0 Å². The largest absolute Gasteiger partial charge is 0.481 e. The van der Waals surface area contributed by atoms with E-state index in [0.29, 0.717) is 25.9 Å². The maximum atomic E-state index is 11.6. The molecule has 0 bridgehead atoms. The van der Waals surface area contributed by atoms with E-state index >= 15 is 0 Å². The third kappa shape index (κ3) is 15.9. The summed E-state index contributed by atoms with van der Waals surface area (Å²) in [7, 11) is 0. The zero-order chi connectivity index (χ0) is 23.4. The number of carboxylic acids is 1. The van der Waals surface area contributed by atoms with Gasteiger partial charge < -0.3 is 14.6 Å². The number of carbonyl (C=O) groups excluding carboxylic acids is 1. The van der Waals surface area contributed by atoms with Gasteiger partial charge in [-0.3, -0.25) is 9.59 Å². The van der Waals surface area contributed by atoms with Gasteiger partial charge in [0.25, 0.3) is 0 Å². The Morgan fingerprint density at radius 2 is 1.44 bits per heavy atom. The summed E-state index contributed by atoms with van der Waals surface area (Å²) in [4.78, 5) is 22.4. The summed E-state index contributed by atoms with van der Waals surface area (Å²) in [5, 5.41) is 8.92. The van der Waals surface area contributed by atoms with Crippen LogP contribution < -0.4 is 0 Å². The van der Waals surface area contributed by atoms with E-state index in [1.165, 1.54) is 58.3 Å². The molecule has 1 rings (SSSR count). The molecule has 32 heavy (non-hydrogen) atoms. The molecule has 5 heteroatoms. The highest BCUT2D eigenvalue weighted by atomic mass is 16.5. The Hall–Kier alpha value is -1.88. The highest BCUT2D eigenvalue weighted by molar-refractivity contribution is 5.67. The highest BCUT2D eigenvalue weighted by Gasteiger charge is 2.20. The number of ether oxygens (including phenoxy) is 2. The molecule has 0 aliphatic heterocycles. The lowest BCUT2D eigenvalue weighted by atomic mass is 10.00. The molecule has 1 aromatic rings. The van der Waals surface area contributed by atoms with Crippen LogP contribution in [0.25, 0.3) is 0 Å². The molecular weight excluding hydrogens is 404 g/mol. The van der Waals surface area contributed by atoms with Gasteiger partial charge in [-0.05, 0) is 24.8 Å². The van der Waals surface area contributed by atoms with Crippen LogP contribution in [0, 0.1) is 0 Å². The molecule has 0 fully saturated rings. The predicted molar refractivity (Wildman–Crippen MR) is 129 cm³/mol. The normalized spacial score (nSPS) is 12.9. The zero-order valence-electron chi connectivity index (χ0n) is 20.2. The van der Waals surface area contributed by atoms with Crippen molar-refractivity contribution in [2.24, 2.45) is 0 Å². The van der Waals surface area contributed by atoms with E-state index in [-0.39, 0.29) is 24.6 Å². The summed E-state index contributed by atoms with van der Waals surface area (Å²) in [5.41, 5.74) is 1.12. The summed E-state index contributed by atoms with van der Waals surface area (Å²) in [6.45, 7) is 4.18. The Balaban J connectivity index is 2.49. The lowest BCUT2D eigenvalue weighted by Gasteiger charge is -2.24. The Bertz CT molecular complexity index is 601. The van der Waals surface area contributed by atoms with Gasteiger partial charge in [-0.25, -0.2) is 0 Å². The predicted octanol–water partition coefficient (Wildman–Crippen LogP) is 7.07. The molecule has 0 heterocycles. The van der Waals surface area contributed by atoms with Crippen molar-refractivity contribution in [1.29, 1.82) is 0 Å².